The zero-order valence-corrected chi connectivity index (χ0v) is 9.39. The minimum absolute atomic E-state index is 0.199. The second kappa shape index (κ2) is 6.62. The van der Waals surface area contributed by atoms with Gasteiger partial charge in [-0.3, -0.25) is 14.9 Å². The number of nitrogens with one attached hydrogen (secondary N) is 1. The van der Waals surface area contributed by atoms with Gasteiger partial charge in [0, 0.05) is 18.7 Å². The van der Waals surface area contributed by atoms with Gasteiger partial charge in [-0.2, -0.15) is 0 Å². The van der Waals surface area contributed by atoms with Crippen LogP contribution in [0.15, 0.2) is 18.2 Å². The molecule has 0 fully saturated rings. The number of anilines is 1. The van der Waals surface area contributed by atoms with Crippen molar-refractivity contribution < 1.29 is 18.8 Å². The minimum atomic E-state index is -0.757. The number of amides is 1. The Bertz CT molecular complexity index is 453. The van der Waals surface area contributed by atoms with Crippen LogP contribution in [0.5, 0.6) is 0 Å². The van der Waals surface area contributed by atoms with Gasteiger partial charge in [-0.15, -0.1) is 0 Å². The zero-order valence-electron chi connectivity index (χ0n) is 9.39. The number of ether oxygens (including phenoxy) is 1. The zero-order chi connectivity index (χ0) is 13.5. The van der Waals surface area contributed by atoms with E-state index in [2.05, 4.69) is 5.32 Å². The van der Waals surface area contributed by atoms with Crippen molar-refractivity contribution in [3.05, 3.63) is 34.1 Å². The number of carbonyl (C=O) groups is 1. The average molecular weight is 257 g/mol. The van der Waals surface area contributed by atoms with E-state index in [9.17, 15) is 19.3 Å². The number of nitro benzene ring substituents is 1. The number of carbonyl (C=O) groups excluding carboxylic acids is 1. The molecule has 0 saturated carbocycles. The molecule has 0 spiro atoms. The SMILES string of the molecule is NCCOCC(=O)Nc1cc([N+](=O)[O-])ccc1F. The van der Waals surface area contributed by atoms with Crippen LogP contribution < -0.4 is 11.1 Å². The first-order chi connectivity index (χ1) is 8.54. The standard InChI is InChI=1S/C10H12FN3O4/c11-8-2-1-7(14(16)17)5-9(8)13-10(15)6-18-4-3-12/h1-2,5H,3-4,6,12H2,(H,13,15). The quantitative estimate of drug-likeness (QED) is 0.442. The highest BCUT2D eigenvalue weighted by molar-refractivity contribution is 5.92. The topological polar surface area (TPSA) is 107 Å². The number of nitrogens with two attached hydrogens (primary N) is 1. The number of nitro groups is 1. The third-order valence-electron chi connectivity index (χ3n) is 1.93. The number of nitrogens with zero attached hydrogens (tertiary/aromatic N) is 1. The van der Waals surface area contributed by atoms with Crippen molar-refractivity contribution in [3.63, 3.8) is 0 Å². The van der Waals surface area contributed by atoms with Gasteiger partial charge in [-0.05, 0) is 6.07 Å². The summed E-state index contributed by atoms with van der Waals surface area (Å²) in [5.41, 5.74) is 4.58. The molecule has 0 unspecified atom stereocenters. The molecule has 0 aromatic heterocycles. The van der Waals surface area contributed by atoms with E-state index in [1.54, 1.807) is 0 Å². The molecule has 7 nitrogen and oxygen atoms in total. The van der Waals surface area contributed by atoms with Gasteiger partial charge in [0.25, 0.3) is 5.69 Å². The summed E-state index contributed by atoms with van der Waals surface area (Å²) in [7, 11) is 0. The van der Waals surface area contributed by atoms with Crippen LogP contribution >= 0.6 is 0 Å². The number of benzene rings is 1. The first-order valence-electron chi connectivity index (χ1n) is 5.06. The Balaban J connectivity index is 2.68. The molecule has 0 radical (unpaired) electrons. The molecule has 0 aliphatic carbocycles. The molecule has 1 amide bonds. The Hall–Kier alpha value is -2.06. The molecule has 1 aromatic carbocycles. The molecule has 8 heteroatoms. The fourth-order valence-electron chi connectivity index (χ4n) is 1.16. The summed E-state index contributed by atoms with van der Waals surface area (Å²) in [5, 5.41) is 12.7. The molecule has 1 rings (SSSR count). The highest BCUT2D eigenvalue weighted by Gasteiger charge is 2.12. The van der Waals surface area contributed by atoms with E-state index in [-0.39, 0.29) is 31.1 Å². The summed E-state index contributed by atoms with van der Waals surface area (Å²) in [4.78, 5) is 21.1. The molecule has 3 N–H and O–H groups in total. The Kier molecular flexibility index (Phi) is 5.15. The average Bonchev–Trinajstić information content (AvgIpc) is 2.32. The van der Waals surface area contributed by atoms with E-state index in [1.165, 1.54) is 0 Å². The van der Waals surface area contributed by atoms with E-state index in [0.29, 0.717) is 0 Å². The Morgan fingerprint density at radius 3 is 2.89 bits per heavy atom. The molecule has 1 aromatic rings. The smallest absolute Gasteiger partial charge is 0.271 e. The number of hydrogen-bond acceptors (Lipinski definition) is 5. The van der Waals surface area contributed by atoms with Crippen molar-refractivity contribution in [1.29, 1.82) is 0 Å². The van der Waals surface area contributed by atoms with Gasteiger partial charge in [0.05, 0.1) is 17.2 Å². The Labute approximate surface area is 102 Å². The van der Waals surface area contributed by atoms with Crippen LogP contribution in [0.4, 0.5) is 15.8 Å². The largest absolute Gasteiger partial charge is 0.370 e. The van der Waals surface area contributed by atoms with E-state index in [0.717, 1.165) is 18.2 Å². The first-order valence-corrected chi connectivity index (χ1v) is 5.06. The molecular formula is C10H12FN3O4. The summed E-state index contributed by atoms with van der Waals surface area (Å²) in [6.07, 6.45) is 0. The molecule has 0 heterocycles. The summed E-state index contributed by atoms with van der Waals surface area (Å²) >= 11 is 0. The first kappa shape index (κ1) is 14.0. The van der Waals surface area contributed by atoms with Crippen LogP contribution in [0.2, 0.25) is 0 Å². The Morgan fingerprint density at radius 2 is 2.28 bits per heavy atom. The second-order valence-electron chi connectivity index (χ2n) is 3.31. The van der Waals surface area contributed by atoms with Gasteiger partial charge in [-0.25, -0.2) is 4.39 Å². The maximum atomic E-state index is 13.3. The van der Waals surface area contributed by atoms with Crippen molar-refractivity contribution in [2.45, 2.75) is 0 Å². The molecule has 18 heavy (non-hydrogen) atoms. The number of non-ortho nitro benzene ring substituents is 1. The van der Waals surface area contributed by atoms with E-state index in [4.69, 9.17) is 10.5 Å². The van der Waals surface area contributed by atoms with E-state index in [1.807, 2.05) is 0 Å². The highest BCUT2D eigenvalue weighted by Crippen LogP contribution is 2.20. The van der Waals surface area contributed by atoms with Crippen molar-refractivity contribution in [2.24, 2.45) is 5.73 Å². The van der Waals surface area contributed by atoms with Crippen molar-refractivity contribution >= 4 is 17.3 Å². The summed E-state index contributed by atoms with van der Waals surface area (Å²) in [6, 6.07) is 2.86. The maximum Gasteiger partial charge on any atom is 0.271 e. The van der Waals surface area contributed by atoms with Crippen LogP contribution in [0.3, 0.4) is 0 Å². The predicted octanol–water partition coefficient (Wildman–Crippen LogP) is 0.648. The Morgan fingerprint density at radius 1 is 1.56 bits per heavy atom. The number of rotatable bonds is 6. The number of halogens is 1. The van der Waals surface area contributed by atoms with Gasteiger partial charge in [0.1, 0.15) is 12.4 Å². The minimum Gasteiger partial charge on any atom is -0.370 e. The molecule has 0 aliphatic rings. The lowest BCUT2D eigenvalue weighted by Gasteiger charge is -2.06. The van der Waals surface area contributed by atoms with Crippen LogP contribution in [0, 0.1) is 15.9 Å². The molecule has 0 atom stereocenters. The normalized spacial score (nSPS) is 10.1. The van der Waals surface area contributed by atoms with E-state index >= 15 is 0 Å². The molecular weight excluding hydrogens is 245 g/mol. The monoisotopic (exact) mass is 257 g/mol. The second-order valence-corrected chi connectivity index (χ2v) is 3.31. The fourth-order valence-corrected chi connectivity index (χ4v) is 1.16. The van der Waals surface area contributed by atoms with Gasteiger partial charge >= 0.3 is 0 Å². The number of hydrogen-bond donors (Lipinski definition) is 2. The van der Waals surface area contributed by atoms with E-state index < -0.39 is 16.6 Å². The van der Waals surface area contributed by atoms with Crippen LogP contribution in [-0.4, -0.2) is 30.6 Å². The van der Waals surface area contributed by atoms with Crippen molar-refractivity contribution in [1.82, 2.24) is 0 Å². The molecule has 0 bridgehead atoms. The summed E-state index contributed by atoms with van der Waals surface area (Å²) in [6.45, 7) is 0.169. The van der Waals surface area contributed by atoms with Gasteiger partial charge in [0.15, 0.2) is 0 Å². The maximum absolute atomic E-state index is 13.3. The molecule has 0 aliphatic heterocycles. The van der Waals surface area contributed by atoms with Crippen molar-refractivity contribution in [3.8, 4) is 0 Å². The lowest BCUT2D eigenvalue weighted by Crippen LogP contribution is -2.21. The molecule has 98 valence electrons. The van der Waals surface area contributed by atoms with Crippen LogP contribution in [0.1, 0.15) is 0 Å². The van der Waals surface area contributed by atoms with Gasteiger partial charge < -0.3 is 15.8 Å². The van der Waals surface area contributed by atoms with Crippen LogP contribution in [-0.2, 0) is 9.53 Å². The van der Waals surface area contributed by atoms with Gasteiger partial charge in [-0.1, -0.05) is 0 Å². The van der Waals surface area contributed by atoms with Crippen LogP contribution in [0.25, 0.3) is 0 Å². The van der Waals surface area contributed by atoms with Crippen molar-refractivity contribution in [2.75, 3.05) is 25.1 Å². The highest BCUT2D eigenvalue weighted by atomic mass is 19.1. The summed E-state index contributed by atoms with van der Waals surface area (Å²) < 4.78 is 18.1. The van der Waals surface area contributed by atoms with Gasteiger partial charge in [0.2, 0.25) is 5.91 Å². The third-order valence-corrected chi connectivity index (χ3v) is 1.93. The fraction of sp³-hybridized carbons (Fsp3) is 0.300. The predicted molar refractivity (Wildman–Crippen MR) is 61.6 cm³/mol. The lowest BCUT2D eigenvalue weighted by atomic mass is 10.2. The molecule has 0 saturated heterocycles. The lowest BCUT2D eigenvalue weighted by molar-refractivity contribution is -0.384. The third kappa shape index (κ3) is 4.07. The summed E-state index contributed by atoms with van der Waals surface area (Å²) in [5.74, 6) is -1.37.